The average Bonchev–Trinajstić information content (AvgIpc) is 2.66. The van der Waals surface area contributed by atoms with Crippen LogP contribution in [0.4, 0.5) is 0 Å². The zero-order chi connectivity index (χ0) is 27.0. The van der Waals surface area contributed by atoms with E-state index in [9.17, 15) is 28.7 Å². The van der Waals surface area contributed by atoms with E-state index in [4.69, 9.17) is 9.05 Å². The molecule has 11 heteroatoms. The average molecular weight is 547 g/mol. The maximum atomic E-state index is 11.9. The van der Waals surface area contributed by atoms with Crippen molar-refractivity contribution < 1.29 is 37.8 Å². The van der Waals surface area contributed by atoms with Crippen LogP contribution in [-0.4, -0.2) is 19.6 Å². The predicted octanol–water partition coefficient (Wildman–Crippen LogP) is 6.50. The van der Waals surface area contributed by atoms with Gasteiger partial charge in [0.1, 0.15) is 11.5 Å². The van der Waals surface area contributed by atoms with Gasteiger partial charge in [-0.15, -0.1) is 0 Å². The Labute approximate surface area is 211 Å². The Kier molecular flexibility index (Phi) is 9.05. The first-order valence-electron chi connectivity index (χ1n) is 11.3. The van der Waals surface area contributed by atoms with Crippen LogP contribution in [0.2, 0.25) is 0 Å². The van der Waals surface area contributed by atoms with Gasteiger partial charge >= 0.3 is 15.6 Å². The third-order valence-corrected chi connectivity index (χ3v) is 7.19. The summed E-state index contributed by atoms with van der Waals surface area (Å²) in [6.07, 6.45) is 1.34. The number of phosphoric ester groups is 2. The molecule has 35 heavy (non-hydrogen) atoms. The molecule has 0 aliphatic heterocycles. The number of hydrogen-bond donors (Lipinski definition) is 4. The third kappa shape index (κ3) is 8.36. The van der Waals surface area contributed by atoms with E-state index >= 15 is 0 Å². The molecule has 0 saturated heterocycles. The highest BCUT2D eigenvalue weighted by atomic mass is 32.2. The van der Waals surface area contributed by atoms with Gasteiger partial charge < -0.3 is 9.05 Å². The fourth-order valence-electron chi connectivity index (χ4n) is 3.54. The molecule has 0 fully saturated rings. The van der Waals surface area contributed by atoms with Gasteiger partial charge in [0, 0.05) is 11.1 Å². The second-order valence-corrected chi connectivity index (χ2v) is 13.8. The lowest BCUT2D eigenvalue weighted by Crippen LogP contribution is -2.15. The number of phosphoric acid groups is 2. The molecule has 0 atom stereocenters. The zero-order valence-electron chi connectivity index (χ0n) is 21.4. The lowest BCUT2D eigenvalue weighted by atomic mass is 9.85. The minimum absolute atomic E-state index is 0.0365. The van der Waals surface area contributed by atoms with Crippen LogP contribution in [0.3, 0.4) is 0 Å². The number of hydrogen-bond acceptors (Lipinski definition) is 5. The summed E-state index contributed by atoms with van der Waals surface area (Å²) < 4.78 is 34.2. The molecule has 2 aromatic carbocycles. The van der Waals surface area contributed by atoms with Gasteiger partial charge in [-0.2, -0.15) is 0 Å². The quantitative estimate of drug-likeness (QED) is 0.274. The summed E-state index contributed by atoms with van der Waals surface area (Å²) in [5.74, 6) is 0.0729. The van der Waals surface area contributed by atoms with Crippen molar-refractivity contribution in [2.75, 3.05) is 0 Å². The van der Waals surface area contributed by atoms with Crippen molar-refractivity contribution in [2.45, 2.75) is 88.9 Å². The van der Waals surface area contributed by atoms with Crippen LogP contribution in [0, 0.1) is 0 Å². The van der Waals surface area contributed by atoms with E-state index in [1.807, 2.05) is 67.5 Å². The summed E-state index contributed by atoms with van der Waals surface area (Å²) in [5.41, 5.74) is 2.08. The Bertz CT molecular complexity index is 1080. The molecule has 196 valence electrons. The van der Waals surface area contributed by atoms with Gasteiger partial charge in [-0.3, -0.25) is 19.6 Å². The molecule has 0 aromatic heterocycles. The Morgan fingerprint density at radius 2 is 1.00 bits per heavy atom. The first-order valence-corrected chi connectivity index (χ1v) is 15.2. The van der Waals surface area contributed by atoms with Crippen molar-refractivity contribution in [1.82, 2.24) is 0 Å². The van der Waals surface area contributed by atoms with Crippen LogP contribution in [0.1, 0.15) is 77.6 Å². The monoisotopic (exact) mass is 546 g/mol. The molecule has 0 amide bonds. The van der Waals surface area contributed by atoms with E-state index in [-0.39, 0.29) is 11.5 Å². The fraction of sp³-hybridized carbons (Fsp3) is 0.500. The van der Waals surface area contributed by atoms with Crippen molar-refractivity contribution >= 4 is 27.4 Å². The smallest absolute Gasteiger partial charge is 0.403 e. The summed E-state index contributed by atoms with van der Waals surface area (Å²) in [7, 11) is -9.81. The van der Waals surface area contributed by atoms with Crippen LogP contribution < -0.4 is 9.05 Å². The van der Waals surface area contributed by atoms with E-state index in [1.165, 1.54) is 0 Å². The molecule has 0 heterocycles. The summed E-state index contributed by atoms with van der Waals surface area (Å²) in [6.45, 7) is 15.4. The standard InChI is InChI=1S/C24H36O8P2S/c1-9-15-11-17(23(3,4)5)21(31-33(25,26)27)19(13-15)35-20-14-16(10-2)12-18(24(6,7)8)22(20)32-34(28,29)30/h11-14H,9-10H2,1-8H3,(H2,25,26,27)(H2,28,29,30). The minimum Gasteiger partial charge on any atom is -0.403 e. The third-order valence-electron chi connectivity index (χ3n) is 5.30. The lowest BCUT2D eigenvalue weighted by molar-refractivity contribution is 0.276. The van der Waals surface area contributed by atoms with Gasteiger partial charge in [0.05, 0.1) is 9.79 Å². The first kappa shape index (κ1) is 29.9. The van der Waals surface area contributed by atoms with E-state index in [2.05, 4.69) is 0 Å². The van der Waals surface area contributed by atoms with Crippen molar-refractivity contribution in [3.63, 3.8) is 0 Å². The Morgan fingerprint density at radius 3 is 1.23 bits per heavy atom. The molecule has 4 N–H and O–H groups in total. The Morgan fingerprint density at radius 1 is 0.686 bits per heavy atom. The fourth-order valence-corrected chi connectivity index (χ4v) is 5.68. The van der Waals surface area contributed by atoms with Crippen LogP contribution in [0.25, 0.3) is 0 Å². The molecule has 0 spiro atoms. The van der Waals surface area contributed by atoms with Gasteiger partial charge in [0.2, 0.25) is 0 Å². The SMILES string of the molecule is CCc1cc(Sc2cc(CC)cc(C(C)(C)C)c2OP(=O)(O)O)c(OP(=O)(O)O)c(C(C)(C)C)c1. The molecule has 8 nitrogen and oxygen atoms in total. The topological polar surface area (TPSA) is 134 Å². The zero-order valence-corrected chi connectivity index (χ0v) is 24.1. The molecule has 0 aliphatic carbocycles. The van der Waals surface area contributed by atoms with E-state index in [0.717, 1.165) is 22.9 Å². The Hall–Kier alpha value is -1.31. The first-order chi connectivity index (χ1) is 15.7. The van der Waals surface area contributed by atoms with E-state index < -0.39 is 26.5 Å². The molecule has 0 radical (unpaired) electrons. The van der Waals surface area contributed by atoms with Gasteiger partial charge in [-0.25, -0.2) is 9.13 Å². The molecule has 2 rings (SSSR count). The van der Waals surface area contributed by atoms with Crippen molar-refractivity contribution in [3.8, 4) is 11.5 Å². The normalized spacial score (nSPS) is 13.1. The number of benzene rings is 2. The minimum atomic E-state index is -4.91. The molecular formula is C24H36O8P2S. The number of rotatable bonds is 8. The van der Waals surface area contributed by atoms with Gasteiger partial charge in [-0.05, 0) is 46.9 Å². The maximum absolute atomic E-state index is 11.9. The van der Waals surface area contributed by atoms with Crippen LogP contribution >= 0.6 is 27.4 Å². The van der Waals surface area contributed by atoms with Crippen molar-refractivity contribution in [2.24, 2.45) is 0 Å². The molecule has 0 bridgehead atoms. The molecule has 0 unspecified atom stereocenters. The van der Waals surface area contributed by atoms with Crippen molar-refractivity contribution in [1.29, 1.82) is 0 Å². The summed E-state index contributed by atoms with van der Waals surface area (Å²) in [5, 5.41) is 0. The Balaban J connectivity index is 2.91. The second-order valence-electron chi connectivity index (χ2n) is 10.4. The lowest BCUT2D eigenvalue weighted by Gasteiger charge is -2.28. The highest BCUT2D eigenvalue weighted by molar-refractivity contribution is 7.99. The molecular weight excluding hydrogens is 510 g/mol. The van der Waals surface area contributed by atoms with Crippen LogP contribution in [-0.2, 0) is 32.8 Å². The van der Waals surface area contributed by atoms with Crippen LogP contribution in [0.5, 0.6) is 11.5 Å². The van der Waals surface area contributed by atoms with E-state index in [1.54, 1.807) is 12.1 Å². The van der Waals surface area contributed by atoms with Gasteiger partial charge in [-0.1, -0.05) is 79.3 Å². The predicted molar refractivity (Wildman–Crippen MR) is 139 cm³/mol. The summed E-state index contributed by atoms with van der Waals surface area (Å²) >= 11 is 1.11. The highest BCUT2D eigenvalue weighted by Gasteiger charge is 2.31. The van der Waals surface area contributed by atoms with Crippen molar-refractivity contribution in [3.05, 3.63) is 46.5 Å². The van der Waals surface area contributed by atoms with Gasteiger partial charge in [0.25, 0.3) is 0 Å². The highest BCUT2D eigenvalue weighted by Crippen LogP contribution is 2.53. The number of aryl methyl sites for hydroxylation is 2. The molecule has 2 aromatic rings. The summed E-state index contributed by atoms with van der Waals surface area (Å²) in [4.78, 5) is 39.5. The maximum Gasteiger partial charge on any atom is 0.524 e. The second kappa shape index (κ2) is 10.6. The van der Waals surface area contributed by atoms with E-state index in [0.29, 0.717) is 33.8 Å². The largest absolute Gasteiger partial charge is 0.524 e. The van der Waals surface area contributed by atoms with Crippen LogP contribution in [0.15, 0.2) is 34.1 Å². The molecule has 0 aliphatic rings. The van der Waals surface area contributed by atoms with Gasteiger partial charge in [0.15, 0.2) is 0 Å². The summed E-state index contributed by atoms with van der Waals surface area (Å²) in [6, 6.07) is 7.29. The molecule has 0 saturated carbocycles.